The molecular weight excluding hydrogens is 362 g/mol. The topological polar surface area (TPSA) is 78.1 Å². The van der Waals surface area contributed by atoms with Gasteiger partial charge in [-0.3, -0.25) is 9.59 Å². The van der Waals surface area contributed by atoms with Crippen LogP contribution in [0.5, 0.6) is 0 Å². The molecule has 2 heterocycles. The lowest BCUT2D eigenvalue weighted by Crippen LogP contribution is -2.43. The monoisotopic (exact) mass is 374 g/mol. The van der Waals surface area contributed by atoms with Crippen LogP contribution in [0.2, 0.25) is 0 Å². The molecule has 1 aliphatic heterocycles. The van der Waals surface area contributed by atoms with E-state index < -0.39 is 11.6 Å². The maximum atomic E-state index is 13.3. The highest BCUT2D eigenvalue weighted by molar-refractivity contribution is 7.99. The van der Waals surface area contributed by atoms with E-state index in [2.05, 4.69) is 15.3 Å². The predicted molar refractivity (Wildman–Crippen MR) is 94.2 cm³/mol. The molecule has 0 radical (unpaired) electrons. The molecule has 0 saturated heterocycles. The fourth-order valence-electron chi connectivity index (χ4n) is 2.71. The number of nitrogens with one attached hydrogen (secondary N) is 2. The van der Waals surface area contributed by atoms with Crippen molar-refractivity contribution in [2.75, 3.05) is 22.5 Å². The van der Waals surface area contributed by atoms with Gasteiger partial charge in [0.2, 0.25) is 11.8 Å². The highest BCUT2D eigenvalue weighted by atomic mass is 32.2. The minimum Gasteiger partial charge on any atom is -0.333 e. The van der Waals surface area contributed by atoms with Crippen LogP contribution >= 0.6 is 11.8 Å². The lowest BCUT2D eigenvalue weighted by molar-refractivity contribution is -0.120. The van der Waals surface area contributed by atoms with Crippen molar-refractivity contribution in [2.24, 2.45) is 0 Å². The smallest absolute Gasteiger partial charge is 0.244 e. The first-order valence-electron chi connectivity index (χ1n) is 7.68. The summed E-state index contributed by atoms with van der Waals surface area (Å²) >= 11 is 1.10. The van der Waals surface area contributed by atoms with Gasteiger partial charge in [0, 0.05) is 12.1 Å². The first-order valence-corrected chi connectivity index (χ1v) is 8.66. The van der Waals surface area contributed by atoms with Crippen LogP contribution in [0.25, 0.3) is 11.0 Å². The number of anilines is 2. The fourth-order valence-corrected chi connectivity index (χ4v) is 3.47. The maximum absolute atomic E-state index is 13.3. The van der Waals surface area contributed by atoms with E-state index in [1.807, 2.05) is 0 Å². The van der Waals surface area contributed by atoms with Gasteiger partial charge in [0.25, 0.3) is 0 Å². The van der Waals surface area contributed by atoms with E-state index in [0.717, 1.165) is 23.9 Å². The maximum Gasteiger partial charge on any atom is 0.244 e. The second-order valence-electron chi connectivity index (χ2n) is 5.66. The van der Waals surface area contributed by atoms with Gasteiger partial charge < -0.3 is 15.2 Å². The van der Waals surface area contributed by atoms with Crippen LogP contribution in [0.4, 0.5) is 20.2 Å². The molecule has 6 nitrogen and oxygen atoms in total. The van der Waals surface area contributed by atoms with Crippen LogP contribution < -0.4 is 10.2 Å². The molecule has 1 aliphatic rings. The second-order valence-corrected chi connectivity index (χ2v) is 6.62. The third-order valence-corrected chi connectivity index (χ3v) is 4.76. The minimum absolute atomic E-state index is 0.0202. The number of para-hydroxylation sites is 2. The van der Waals surface area contributed by atoms with Crippen LogP contribution in [0.3, 0.4) is 0 Å². The van der Waals surface area contributed by atoms with Crippen LogP contribution in [0.15, 0.2) is 41.6 Å². The Kier molecular flexibility index (Phi) is 4.08. The first kappa shape index (κ1) is 16.5. The van der Waals surface area contributed by atoms with E-state index in [0.29, 0.717) is 22.0 Å². The van der Waals surface area contributed by atoms with E-state index in [9.17, 15) is 18.4 Å². The number of rotatable bonds is 3. The summed E-state index contributed by atoms with van der Waals surface area (Å²) in [6.45, 7) is -0.0625. The molecule has 0 fully saturated rings. The highest BCUT2D eigenvalue weighted by Gasteiger charge is 2.26. The number of H-pyrrole nitrogens is 1. The third-order valence-electron chi connectivity index (χ3n) is 3.91. The number of nitrogens with zero attached hydrogens (tertiary/aromatic N) is 2. The number of aromatic amines is 1. The molecule has 0 spiro atoms. The van der Waals surface area contributed by atoms with E-state index in [4.69, 9.17) is 0 Å². The van der Waals surface area contributed by atoms with Gasteiger partial charge in [-0.05, 0) is 12.1 Å². The zero-order chi connectivity index (χ0) is 18.3. The zero-order valence-corrected chi connectivity index (χ0v) is 14.1. The quantitative estimate of drug-likeness (QED) is 0.691. The molecule has 0 bridgehead atoms. The molecule has 2 N–H and O–H groups in total. The predicted octanol–water partition coefficient (Wildman–Crippen LogP) is 2.92. The number of carbonyl (C=O) groups is 2. The fraction of sp³-hybridized carbons (Fsp3) is 0.118. The van der Waals surface area contributed by atoms with Gasteiger partial charge in [-0.25, -0.2) is 13.8 Å². The zero-order valence-electron chi connectivity index (χ0n) is 13.3. The molecule has 9 heteroatoms. The molecular formula is C17H12F2N4O2S. The van der Waals surface area contributed by atoms with Crippen molar-refractivity contribution >= 4 is 46.0 Å². The lowest BCUT2D eigenvalue weighted by Gasteiger charge is -2.28. The third kappa shape index (κ3) is 3.01. The Morgan fingerprint density at radius 2 is 2.00 bits per heavy atom. The summed E-state index contributed by atoms with van der Waals surface area (Å²) in [5.41, 5.74) is 1.84. The van der Waals surface area contributed by atoms with Gasteiger partial charge in [-0.15, -0.1) is 0 Å². The normalized spacial score (nSPS) is 13.6. The molecule has 3 aromatic rings. The lowest BCUT2D eigenvalue weighted by atomic mass is 10.2. The van der Waals surface area contributed by atoms with Gasteiger partial charge in [-0.2, -0.15) is 0 Å². The Labute approximate surface area is 150 Å². The summed E-state index contributed by atoms with van der Waals surface area (Å²) in [5, 5.41) is 3.09. The molecule has 0 aliphatic carbocycles. The number of thioether (sulfide) groups is 1. The number of imidazole rings is 1. The van der Waals surface area contributed by atoms with Gasteiger partial charge in [0.1, 0.15) is 6.54 Å². The molecule has 4 rings (SSSR count). The van der Waals surface area contributed by atoms with Crippen LogP contribution in [-0.4, -0.2) is 34.1 Å². The molecule has 0 saturated carbocycles. The van der Waals surface area contributed by atoms with Crippen molar-refractivity contribution in [2.45, 2.75) is 5.16 Å². The first-order chi connectivity index (χ1) is 12.5. The van der Waals surface area contributed by atoms with E-state index in [-0.39, 0.29) is 29.6 Å². The van der Waals surface area contributed by atoms with Gasteiger partial charge >= 0.3 is 0 Å². The average Bonchev–Trinajstić information content (AvgIpc) is 3.01. The van der Waals surface area contributed by atoms with Crippen LogP contribution in [0, 0.1) is 11.6 Å². The molecule has 1 aromatic heterocycles. The number of hydrogen-bond donors (Lipinski definition) is 2. The Bertz CT molecular complexity index is 998. The summed E-state index contributed by atoms with van der Waals surface area (Å²) in [7, 11) is 0. The van der Waals surface area contributed by atoms with Crippen LogP contribution in [0.1, 0.15) is 0 Å². The van der Waals surface area contributed by atoms with Crippen molar-refractivity contribution in [3.63, 3.8) is 0 Å². The summed E-state index contributed by atoms with van der Waals surface area (Å²) < 4.78 is 26.5. The Balaban J connectivity index is 1.52. The second kappa shape index (κ2) is 6.41. The molecule has 0 unspecified atom stereocenters. The Morgan fingerprint density at radius 3 is 2.85 bits per heavy atom. The average molecular weight is 374 g/mol. The number of fused-ring (bicyclic) bond motifs is 2. The number of carbonyl (C=O) groups excluding carboxylic acids is 2. The number of amides is 2. The van der Waals surface area contributed by atoms with Crippen molar-refractivity contribution in [1.29, 1.82) is 0 Å². The largest absolute Gasteiger partial charge is 0.333 e. The van der Waals surface area contributed by atoms with Crippen molar-refractivity contribution in [1.82, 2.24) is 9.97 Å². The summed E-state index contributed by atoms with van der Waals surface area (Å²) in [5.74, 6) is -2.46. The number of benzene rings is 2. The Hall–Kier alpha value is -2.94. The summed E-state index contributed by atoms with van der Waals surface area (Å²) in [6.07, 6.45) is 0. The van der Waals surface area contributed by atoms with Crippen molar-refractivity contribution < 1.29 is 18.4 Å². The SMILES string of the molecule is O=C1CN(C(=O)CSc2nc3cc(F)c(F)cc3[nH]2)c2ccccc2N1. The molecule has 2 aromatic carbocycles. The Morgan fingerprint density at radius 1 is 1.23 bits per heavy atom. The standard InChI is InChI=1S/C17H12F2N4O2S/c18-9-5-12-13(6-10(9)19)22-17(21-12)26-8-16(25)23-7-15(24)20-11-3-1-2-4-14(11)23/h1-6H,7-8H2,(H,20,24)(H,21,22). The van der Waals surface area contributed by atoms with Gasteiger partial charge in [-0.1, -0.05) is 23.9 Å². The number of aromatic nitrogens is 2. The van der Waals surface area contributed by atoms with E-state index >= 15 is 0 Å². The number of hydrogen-bond acceptors (Lipinski definition) is 4. The van der Waals surface area contributed by atoms with Crippen molar-refractivity contribution in [3.05, 3.63) is 48.0 Å². The van der Waals surface area contributed by atoms with Gasteiger partial charge in [0.05, 0.1) is 28.2 Å². The van der Waals surface area contributed by atoms with E-state index in [1.54, 1.807) is 24.3 Å². The molecule has 0 atom stereocenters. The van der Waals surface area contributed by atoms with E-state index in [1.165, 1.54) is 4.90 Å². The molecule has 132 valence electrons. The minimum atomic E-state index is -0.979. The van der Waals surface area contributed by atoms with Crippen molar-refractivity contribution in [3.8, 4) is 0 Å². The number of halogens is 2. The summed E-state index contributed by atoms with van der Waals surface area (Å²) in [6, 6.07) is 9.06. The van der Waals surface area contributed by atoms with Crippen LogP contribution in [-0.2, 0) is 9.59 Å². The highest BCUT2D eigenvalue weighted by Crippen LogP contribution is 2.30. The molecule has 26 heavy (non-hydrogen) atoms. The molecule has 2 amide bonds. The summed E-state index contributed by atoms with van der Waals surface area (Å²) in [4.78, 5) is 32.8. The van der Waals surface area contributed by atoms with Gasteiger partial charge in [0.15, 0.2) is 16.8 Å².